The van der Waals surface area contributed by atoms with Crippen molar-refractivity contribution in [3.63, 3.8) is 0 Å². The minimum absolute atomic E-state index is 0.136. The molecule has 1 aromatic heterocycles. The number of nitrogens with one attached hydrogen (secondary N) is 1. The van der Waals surface area contributed by atoms with Crippen LogP contribution in [0.4, 0.5) is 0 Å². The van der Waals surface area contributed by atoms with Crippen LogP contribution in [0.3, 0.4) is 0 Å². The van der Waals surface area contributed by atoms with E-state index in [2.05, 4.69) is 10.5 Å². The van der Waals surface area contributed by atoms with Crippen LogP contribution in [0.25, 0.3) is 0 Å². The quantitative estimate of drug-likeness (QED) is 0.690. The molecule has 0 aliphatic carbocycles. The first kappa shape index (κ1) is 18.7. The van der Waals surface area contributed by atoms with Crippen LogP contribution in [0.2, 0.25) is 0 Å². The van der Waals surface area contributed by atoms with Crippen LogP contribution in [0.1, 0.15) is 51.5 Å². The van der Waals surface area contributed by atoms with Crippen LogP contribution >= 0.6 is 0 Å². The molecular formula is C22H24N2O3. The minimum Gasteiger partial charge on any atom is -0.488 e. The van der Waals surface area contributed by atoms with Crippen molar-refractivity contribution in [3.8, 4) is 5.75 Å². The lowest BCUT2D eigenvalue weighted by atomic mass is 10.1. The van der Waals surface area contributed by atoms with E-state index in [4.69, 9.17) is 9.26 Å². The number of nitrogens with zero attached hydrogens (tertiary/aromatic N) is 1. The van der Waals surface area contributed by atoms with E-state index in [1.807, 2.05) is 69.3 Å². The fourth-order valence-corrected chi connectivity index (χ4v) is 3.00. The minimum atomic E-state index is -0.275. The third-order valence-electron chi connectivity index (χ3n) is 4.62. The van der Waals surface area contributed by atoms with Gasteiger partial charge in [0.05, 0.1) is 11.6 Å². The number of carbonyl (C=O) groups is 1. The van der Waals surface area contributed by atoms with Gasteiger partial charge in [-0.25, -0.2) is 0 Å². The Kier molecular flexibility index (Phi) is 5.60. The van der Waals surface area contributed by atoms with E-state index in [1.165, 1.54) is 0 Å². The lowest BCUT2D eigenvalue weighted by molar-refractivity contribution is 0.0928. The molecule has 0 spiro atoms. The highest BCUT2D eigenvalue weighted by Crippen LogP contribution is 2.25. The summed E-state index contributed by atoms with van der Waals surface area (Å²) in [5.74, 6) is 1.13. The molecule has 5 nitrogen and oxygen atoms in total. The smallest absolute Gasteiger partial charge is 0.274 e. The van der Waals surface area contributed by atoms with Gasteiger partial charge in [0.15, 0.2) is 5.69 Å². The molecule has 0 saturated carbocycles. The van der Waals surface area contributed by atoms with Gasteiger partial charge in [-0.1, -0.05) is 53.7 Å². The number of carbonyl (C=O) groups excluding carboxylic acids is 1. The summed E-state index contributed by atoms with van der Waals surface area (Å²) in [6, 6.07) is 15.6. The number of ether oxygens (including phenoxy) is 1. The fourth-order valence-electron chi connectivity index (χ4n) is 3.00. The number of benzene rings is 2. The van der Waals surface area contributed by atoms with Gasteiger partial charge in [-0.2, -0.15) is 0 Å². The summed E-state index contributed by atoms with van der Waals surface area (Å²) in [4.78, 5) is 12.7. The zero-order chi connectivity index (χ0) is 19.4. The summed E-state index contributed by atoms with van der Waals surface area (Å²) in [5, 5.41) is 6.92. The van der Waals surface area contributed by atoms with E-state index in [-0.39, 0.29) is 24.2 Å². The second-order valence-electron chi connectivity index (χ2n) is 6.68. The zero-order valence-corrected chi connectivity index (χ0v) is 16.1. The summed E-state index contributed by atoms with van der Waals surface area (Å²) in [7, 11) is 0. The highest BCUT2D eigenvalue weighted by molar-refractivity contribution is 5.94. The van der Waals surface area contributed by atoms with Gasteiger partial charge in [0.1, 0.15) is 18.1 Å². The number of aryl methyl sites for hydroxylation is 3. The molecule has 140 valence electrons. The average molecular weight is 364 g/mol. The fraction of sp³-hybridized carbons (Fsp3) is 0.273. The first-order chi connectivity index (χ1) is 13.0. The number of hydrogen-bond donors (Lipinski definition) is 1. The van der Waals surface area contributed by atoms with Gasteiger partial charge in [-0.05, 0) is 44.4 Å². The van der Waals surface area contributed by atoms with Crippen molar-refractivity contribution < 1.29 is 14.1 Å². The molecule has 0 bridgehead atoms. The number of aromatic nitrogens is 1. The number of amides is 1. The average Bonchev–Trinajstić information content (AvgIpc) is 3.03. The highest BCUT2D eigenvalue weighted by atomic mass is 16.5. The van der Waals surface area contributed by atoms with Crippen molar-refractivity contribution in [3.05, 3.63) is 82.2 Å². The van der Waals surface area contributed by atoms with Crippen molar-refractivity contribution in [1.82, 2.24) is 10.5 Å². The third kappa shape index (κ3) is 4.19. The molecule has 1 atom stereocenters. The Morgan fingerprint density at radius 1 is 1.07 bits per heavy atom. The summed E-state index contributed by atoms with van der Waals surface area (Å²) in [5.41, 5.74) is 4.05. The lowest BCUT2D eigenvalue weighted by Crippen LogP contribution is -2.28. The van der Waals surface area contributed by atoms with Crippen molar-refractivity contribution in [2.45, 2.75) is 40.3 Å². The van der Waals surface area contributed by atoms with Crippen LogP contribution in [0, 0.1) is 20.8 Å². The lowest BCUT2D eigenvalue weighted by Gasteiger charge is -2.14. The summed E-state index contributed by atoms with van der Waals surface area (Å²) >= 11 is 0. The topological polar surface area (TPSA) is 64.4 Å². The van der Waals surface area contributed by atoms with E-state index in [1.54, 1.807) is 6.92 Å². The molecule has 0 aliphatic rings. The molecule has 1 N–H and O–H groups in total. The molecule has 5 heteroatoms. The molecule has 27 heavy (non-hydrogen) atoms. The maximum Gasteiger partial charge on any atom is 0.274 e. The normalized spacial score (nSPS) is 11.9. The first-order valence-corrected chi connectivity index (χ1v) is 8.97. The van der Waals surface area contributed by atoms with Gasteiger partial charge >= 0.3 is 0 Å². The molecule has 1 unspecified atom stereocenters. The van der Waals surface area contributed by atoms with Crippen molar-refractivity contribution >= 4 is 5.91 Å². The van der Waals surface area contributed by atoms with E-state index in [0.29, 0.717) is 11.3 Å². The van der Waals surface area contributed by atoms with Crippen molar-refractivity contribution in [1.29, 1.82) is 0 Å². The molecule has 1 amide bonds. The SMILES string of the molecule is Cc1cccc(C)c1OCc1c(C(=O)NC(C)c2ccccc2)noc1C. The highest BCUT2D eigenvalue weighted by Gasteiger charge is 2.22. The van der Waals surface area contributed by atoms with Gasteiger partial charge in [0.25, 0.3) is 5.91 Å². The Hall–Kier alpha value is -3.08. The van der Waals surface area contributed by atoms with E-state index < -0.39 is 0 Å². The van der Waals surface area contributed by atoms with E-state index in [9.17, 15) is 4.79 Å². The van der Waals surface area contributed by atoms with Crippen LogP contribution in [0.5, 0.6) is 5.75 Å². The maximum atomic E-state index is 12.7. The summed E-state index contributed by atoms with van der Waals surface area (Å²) in [6.07, 6.45) is 0. The van der Waals surface area contributed by atoms with E-state index in [0.717, 1.165) is 22.4 Å². The second-order valence-corrected chi connectivity index (χ2v) is 6.68. The predicted molar refractivity (Wildman–Crippen MR) is 104 cm³/mol. The molecular weight excluding hydrogens is 340 g/mol. The number of rotatable bonds is 6. The van der Waals surface area contributed by atoms with Gasteiger partial charge in [-0.15, -0.1) is 0 Å². The Morgan fingerprint density at radius 2 is 1.74 bits per heavy atom. The van der Waals surface area contributed by atoms with Gasteiger partial charge in [-0.3, -0.25) is 4.79 Å². The first-order valence-electron chi connectivity index (χ1n) is 8.97. The molecule has 0 radical (unpaired) electrons. The molecule has 0 saturated heterocycles. The molecule has 3 rings (SSSR count). The molecule has 1 heterocycles. The van der Waals surface area contributed by atoms with Gasteiger partial charge in [0.2, 0.25) is 0 Å². The van der Waals surface area contributed by atoms with Crippen molar-refractivity contribution in [2.24, 2.45) is 0 Å². The molecule has 2 aromatic carbocycles. The maximum absolute atomic E-state index is 12.7. The van der Waals surface area contributed by atoms with Gasteiger partial charge < -0.3 is 14.6 Å². The molecule has 0 fully saturated rings. The number of para-hydroxylation sites is 1. The number of hydrogen-bond acceptors (Lipinski definition) is 4. The third-order valence-corrected chi connectivity index (χ3v) is 4.62. The Morgan fingerprint density at radius 3 is 2.41 bits per heavy atom. The Balaban J connectivity index is 1.75. The monoisotopic (exact) mass is 364 g/mol. The zero-order valence-electron chi connectivity index (χ0n) is 16.1. The van der Waals surface area contributed by atoms with Crippen LogP contribution in [-0.4, -0.2) is 11.1 Å². The molecule has 0 aliphatic heterocycles. The summed E-state index contributed by atoms with van der Waals surface area (Å²) in [6.45, 7) is 7.94. The Bertz CT molecular complexity index is 912. The molecule has 3 aromatic rings. The standard InChI is InChI=1S/C22H24N2O3/c1-14-9-8-10-15(2)21(14)26-13-19-17(4)27-24-20(19)22(25)23-16(3)18-11-6-5-7-12-18/h5-12,16H,13H2,1-4H3,(H,23,25). The second kappa shape index (κ2) is 8.08. The van der Waals surface area contributed by atoms with Crippen LogP contribution in [-0.2, 0) is 6.61 Å². The Labute approximate surface area is 159 Å². The van der Waals surface area contributed by atoms with E-state index >= 15 is 0 Å². The van der Waals surface area contributed by atoms with Crippen LogP contribution in [0.15, 0.2) is 53.1 Å². The van der Waals surface area contributed by atoms with Crippen molar-refractivity contribution in [2.75, 3.05) is 0 Å². The van der Waals surface area contributed by atoms with Crippen LogP contribution < -0.4 is 10.1 Å². The largest absolute Gasteiger partial charge is 0.488 e. The van der Waals surface area contributed by atoms with Gasteiger partial charge in [0, 0.05) is 0 Å². The summed E-state index contributed by atoms with van der Waals surface area (Å²) < 4.78 is 11.3. The predicted octanol–water partition coefficient (Wildman–Crippen LogP) is 4.67.